The molecule has 43 valence electrons. The molecule has 0 aromatic carbocycles. The first kappa shape index (κ1) is 5.77. The molecular formula is C7H5N2. The molecule has 1 aromatic heterocycles. The minimum absolute atomic E-state index is 0.419. The molecule has 0 saturated carbocycles. The number of hydrogen-bond donors (Lipinski definition) is 0. The Kier molecular flexibility index (Phi) is 1.46. The first-order valence-corrected chi connectivity index (χ1v) is 2.52. The van der Waals surface area contributed by atoms with Gasteiger partial charge in [-0.05, 0) is 19.1 Å². The lowest BCUT2D eigenvalue weighted by Crippen LogP contribution is -1.83. The second-order valence-corrected chi connectivity index (χ2v) is 1.63. The van der Waals surface area contributed by atoms with E-state index in [1.54, 1.807) is 18.2 Å². The van der Waals surface area contributed by atoms with Gasteiger partial charge < -0.3 is 0 Å². The van der Waals surface area contributed by atoms with Crippen LogP contribution in [0, 0.1) is 18.3 Å². The van der Waals surface area contributed by atoms with Gasteiger partial charge in [0.25, 0.3) is 0 Å². The third-order valence-electron chi connectivity index (χ3n) is 0.921. The van der Waals surface area contributed by atoms with Crippen LogP contribution >= 0.6 is 0 Å². The average molecular weight is 117 g/mol. The fraction of sp³-hybridized carbons (Fsp3) is 0. The third kappa shape index (κ3) is 1.26. The van der Waals surface area contributed by atoms with Crippen LogP contribution in [-0.4, -0.2) is 4.98 Å². The minimum atomic E-state index is 0.419. The second kappa shape index (κ2) is 2.27. The van der Waals surface area contributed by atoms with E-state index in [0.717, 1.165) is 0 Å². The van der Waals surface area contributed by atoms with Crippen LogP contribution in [0.5, 0.6) is 0 Å². The van der Waals surface area contributed by atoms with Crippen molar-refractivity contribution >= 4 is 0 Å². The molecule has 0 atom stereocenters. The van der Waals surface area contributed by atoms with Crippen LogP contribution in [0.4, 0.5) is 0 Å². The Morgan fingerprint density at radius 1 is 1.56 bits per heavy atom. The summed E-state index contributed by atoms with van der Waals surface area (Å²) in [6.45, 7) is 3.57. The van der Waals surface area contributed by atoms with Gasteiger partial charge in [-0.3, -0.25) is 0 Å². The lowest BCUT2D eigenvalue weighted by Gasteiger charge is -1.87. The summed E-state index contributed by atoms with van der Waals surface area (Å²) in [6, 6.07) is 7.07. The molecular weight excluding hydrogens is 112 g/mol. The monoisotopic (exact) mass is 117 g/mol. The summed E-state index contributed by atoms with van der Waals surface area (Å²) in [5.74, 6) is 0. The summed E-state index contributed by atoms with van der Waals surface area (Å²) in [5.41, 5.74) is 1.05. The number of nitriles is 1. The van der Waals surface area contributed by atoms with Gasteiger partial charge >= 0.3 is 0 Å². The zero-order chi connectivity index (χ0) is 6.69. The van der Waals surface area contributed by atoms with E-state index in [-0.39, 0.29) is 0 Å². The normalized spacial score (nSPS) is 8.44. The largest absolute Gasteiger partial charge is 0.242 e. The molecule has 0 unspecified atom stereocenters. The van der Waals surface area contributed by atoms with E-state index < -0.39 is 0 Å². The Bertz CT molecular complexity index is 247. The topological polar surface area (TPSA) is 36.7 Å². The molecule has 0 aliphatic carbocycles. The molecule has 0 N–H and O–H groups in total. The van der Waals surface area contributed by atoms with Crippen LogP contribution in [-0.2, 0) is 0 Å². The van der Waals surface area contributed by atoms with E-state index in [1.807, 2.05) is 6.07 Å². The van der Waals surface area contributed by atoms with Gasteiger partial charge in [0.1, 0.15) is 11.8 Å². The van der Waals surface area contributed by atoms with Crippen molar-refractivity contribution in [3.8, 4) is 6.07 Å². The lowest BCUT2D eigenvalue weighted by molar-refractivity contribution is 1.22. The van der Waals surface area contributed by atoms with E-state index in [0.29, 0.717) is 11.4 Å². The van der Waals surface area contributed by atoms with Crippen molar-refractivity contribution in [3.63, 3.8) is 0 Å². The maximum absolute atomic E-state index is 8.32. The first-order chi connectivity index (χ1) is 4.33. The van der Waals surface area contributed by atoms with E-state index in [4.69, 9.17) is 5.26 Å². The van der Waals surface area contributed by atoms with E-state index in [1.165, 1.54) is 0 Å². The van der Waals surface area contributed by atoms with Gasteiger partial charge in [-0.2, -0.15) is 5.26 Å². The van der Waals surface area contributed by atoms with Crippen molar-refractivity contribution in [2.75, 3.05) is 0 Å². The Labute approximate surface area is 53.8 Å². The number of aromatic nitrogens is 1. The average Bonchev–Trinajstić information content (AvgIpc) is 1.88. The van der Waals surface area contributed by atoms with Gasteiger partial charge in [-0.1, -0.05) is 6.07 Å². The molecule has 0 bridgehead atoms. The van der Waals surface area contributed by atoms with Gasteiger partial charge in [-0.15, -0.1) is 0 Å². The third-order valence-corrected chi connectivity index (χ3v) is 0.921. The summed E-state index contributed by atoms with van der Waals surface area (Å²) < 4.78 is 0. The molecule has 2 nitrogen and oxygen atoms in total. The maximum Gasteiger partial charge on any atom is 0.140 e. The zero-order valence-corrected chi connectivity index (χ0v) is 4.83. The van der Waals surface area contributed by atoms with Crippen LogP contribution in [0.3, 0.4) is 0 Å². The van der Waals surface area contributed by atoms with Crippen LogP contribution in [0.25, 0.3) is 0 Å². The molecule has 1 aromatic rings. The molecule has 0 spiro atoms. The van der Waals surface area contributed by atoms with Crippen molar-refractivity contribution in [1.29, 1.82) is 5.26 Å². The number of rotatable bonds is 0. The number of hydrogen-bond acceptors (Lipinski definition) is 2. The molecule has 1 radical (unpaired) electrons. The molecule has 1 rings (SSSR count). The highest BCUT2D eigenvalue weighted by atomic mass is 14.7. The van der Waals surface area contributed by atoms with Gasteiger partial charge in [0, 0.05) is 5.69 Å². The predicted molar refractivity (Wildman–Crippen MR) is 33.4 cm³/mol. The Morgan fingerprint density at radius 3 is 2.78 bits per heavy atom. The summed E-state index contributed by atoms with van der Waals surface area (Å²) in [5, 5.41) is 8.32. The fourth-order valence-electron chi connectivity index (χ4n) is 0.542. The lowest BCUT2D eigenvalue weighted by atomic mass is 10.3. The maximum atomic E-state index is 8.32. The number of nitrogens with zero attached hydrogens (tertiary/aromatic N) is 2. The van der Waals surface area contributed by atoms with Crippen molar-refractivity contribution in [3.05, 3.63) is 36.5 Å². The second-order valence-electron chi connectivity index (χ2n) is 1.63. The molecule has 0 aliphatic heterocycles. The van der Waals surface area contributed by atoms with Crippen LogP contribution < -0.4 is 0 Å². The molecule has 9 heavy (non-hydrogen) atoms. The van der Waals surface area contributed by atoms with Gasteiger partial charge in [0.05, 0.1) is 0 Å². The van der Waals surface area contributed by atoms with Crippen molar-refractivity contribution in [1.82, 2.24) is 4.98 Å². The van der Waals surface area contributed by atoms with Crippen molar-refractivity contribution < 1.29 is 0 Å². The van der Waals surface area contributed by atoms with Crippen LogP contribution in [0.2, 0.25) is 0 Å². The molecule has 2 heteroatoms. The van der Waals surface area contributed by atoms with Gasteiger partial charge in [-0.25, -0.2) is 4.98 Å². The SMILES string of the molecule is [CH2]c1cccc(C#N)n1. The van der Waals surface area contributed by atoms with Crippen molar-refractivity contribution in [2.45, 2.75) is 0 Å². The predicted octanol–water partition coefficient (Wildman–Crippen LogP) is 1.14. The molecule has 0 fully saturated rings. The number of pyridine rings is 1. The Morgan fingerprint density at radius 2 is 2.33 bits per heavy atom. The highest BCUT2D eigenvalue weighted by Gasteiger charge is 1.87. The smallest absolute Gasteiger partial charge is 0.140 e. The zero-order valence-electron chi connectivity index (χ0n) is 4.83. The first-order valence-electron chi connectivity index (χ1n) is 2.52. The quantitative estimate of drug-likeness (QED) is 0.510. The Hall–Kier alpha value is -1.36. The standard InChI is InChI=1S/C7H5N2/c1-6-3-2-4-7(5-8)9-6/h2-4H,1H2. The minimum Gasteiger partial charge on any atom is -0.242 e. The van der Waals surface area contributed by atoms with E-state index >= 15 is 0 Å². The van der Waals surface area contributed by atoms with Gasteiger partial charge in [0.15, 0.2) is 0 Å². The highest BCUT2D eigenvalue weighted by Crippen LogP contribution is 1.94. The van der Waals surface area contributed by atoms with Crippen LogP contribution in [0.1, 0.15) is 11.4 Å². The van der Waals surface area contributed by atoms with Gasteiger partial charge in [0.2, 0.25) is 0 Å². The molecule has 0 amide bonds. The molecule has 0 saturated heterocycles. The highest BCUT2D eigenvalue weighted by molar-refractivity contribution is 5.22. The van der Waals surface area contributed by atoms with E-state index in [9.17, 15) is 0 Å². The summed E-state index contributed by atoms with van der Waals surface area (Å²) >= 11 is 0. The summed E-state index contributed by atoms with van der Waals surface area (Å²) in [6.07, 6.45) is 0. The molecule has 0 aliphatic rings. The molecule has 1 heterocycles. The van der Waals surface area contributed by atoms with Crippen molar-refractivity contribution in [2.24, 2.45) is 0 Å². The Balaban J connectivity index is 3.12. The fourth-order valence-corrected chi connectivity index (χ4v) is 0.542. The van der Waals surface area contributed by atoms with E-state index in [2.05, 4.69) is 11.9 Å². The summed E-state index contributed by atoms with van der Waals surface area (Å²) in [4.78, 5) is 3.82. The summed E-state index contributed by atoms with van der Waals surface area (Å²) in [7, 11) is 0. The van der Waals surface area contributed by atoms with Crippen LogP contribution in [0.15, 0.2) is 18.2 Å².